The van der Waals surface area contributed by atoms with E-state index in [1.807, 2.05) is 23.1 Å². The maximum Gasteiger partial charge on any atom is 0.254 e. The van der Waals surface area contributed by atoms with Gasteiger partial charge in [-0.2, -0.15) is 0 Å². The first-order valence-corrected chi connectivity index (χ1v) is 10.3. The number of carbonyl (C=O) groups excluding carboxylic acids is 1. The molecule has 1 aliphatic heterocycles. The van der Waals surface area contributed by atoms with Gasteiger partial charge in [-0.15, -0.1) is 0 Å². The van der Waals surface area contributed by atoms with E-state index in [1.54, 1.807) is 24.3 Å². The van der Waals surface area contributed by atoms with Crippen molar-refractivity contribution in [3.05, 3.63) is 60.2 Å². The van der Waals surface area contributed by atoms with Crippen molar-refractivity contribution >= 4 is 27.3 Å². The maximum atomic E-state index is 12.8. The standard InChI is InChI=1S/C19H23N3O3S/c1-20(26(2,24)25)18-10-6-7-16(15-18)19(23)22-13-11-21(12-14-22)17-8-4-3-5-9-17/h3-10,15H,11-14H2,1-2H3. The average molecular weight is 373 g/mol. The molecule has 1 fully saturated rings. The smallest absolute Gasteiger partial charge is 0.254 e. The Bertz CT molecular complexity index is 876. The van der Waals surface area contributed by atoms with E-state index in [2.05, 4.69) is 17.0 Å². The second-order valence-corrected chi connectivity index (χ2v) is 8.41. The molecule has 1 amide bonds. The number of hydrogen-bond acceptors (Lipinski definition) is 4. The van der Waals surface area contributed by atoms with E-state index in [-0.39, 0.29) is 5.91 Å². The lowest BCUT2D eigenvalue weighted by Gasteiger charge is -2.36. The summed E-state index contributed by atoms with van der Waals surface area (Å²) in [5.74, 6) is -0.0681. The average Bonchev–Trinajstić information content (AvgIpc) is 2.67. The van der Waals surface area contributed by atoms with Crippen molar-refractivity contribution in [2.24, 2.45) is 0 Å². The summed E-state index contributed by atoms with van der Waals surface area (Å²) >= 11 is 0. The molecule has 6 nitrogen and oxygen atoms in total. The van der Waals surface area contributed by atoms with Crippen LogP contribution in [0, 0.1) is 0 Å². The number of carbonyl (C=O) groups is 1. The van der Waals surface area contributed by atoms with Gasteiger partial charge < -0.3 is 9.80 Å². The Morgan fingerprint density at radius 2 is 1.62 bits per heavy atom. The van der Waals surface area contributed by atoms with Crippen molar-refractivity contribution in [1.82, 2.24) is 4.90 Å². The highest BCUT2D eigenvalue weighted by atomic mass is 32.2. The minimum Gasteiger partial charge on any atom is -0.368 e. The SMILES string of the molecule is CN(c1cccc(C(=O)N2CCN(c3ccccc3)CC2)c1)S(C)(=O)=O. The van der Waals surface area contributed by atoms with Crippen LogP contribution in [0.25, 0.3) is 0 Å². The van der Waals surface area contributed by atoms with Gasteiger partial charge in [-0.1, -0.05) is 24.3 Å². The molecule has 3 rings (SSSR count). The van der Waals surface area contributed by atoms with E-state index in [0.29, 0.717) is 24.3 Å². The topological polar surface area (TPSA) is 60.9 Å². The highest BCUT2D eigenvalue weighted by Crippen LogP contribution is 2.20. The van der Waals surface area contributed by atoms with Gasteiger partial charge >= 0.3 is 0 Å². The van der Waals surface area contributed by atoms with Gasteiger partial charge in [-0.05, 0) is 30.3 Å². The molecule has 0 N–H and O–H groups in total. The van der Waals surface area contributed by atoms with E-state index >= 15 is 0 Å². The summed E-state index contributed by atoms with van der Waals surface area (Å²) in [5, 5.41) is 0. The van der Waals surface area contributed by atoms with Crippen LogP contribution in [0.5, 0.6) is 0 Å². The first-order chi connectivity index (χ1) is 12.4. The van der Waals surface area contributed by atoms with E-state index in [1.165, 1.54) is 11.4 Å². The molecule has 2 aromatic rings. The van der Waals surface area contributed by atoms with Crippen LogP contribution < -0.4 is 9.21 Å². The van der Waals surface area contributed by atoms with E-state index in [4.69, 9.17) is 0 Å². The summed E-state index contributed by atoms with van der Waals surface area (Å²) in [4.78, 5) is 16.9. The van der Waals surface area contributed by atoms with Crippen LogP contribution in [-0.4, -0.2) is 58.7 Å². The molecule has 1 heterocycles. The van der Waals surface area contributed by atoms with Crippen molar-refractivity contribution in [3.63, 3.8) is 0 Å². The predicted octanol–water partition coefficient (Wildman–Crippen LogP) is 2.04. The van der Waals surface area contributed by atoms with Gasteiger partial charge in [0.05, 0.1) is 11.9 Å². The fraction of sp³-hybridized carbons (Fsp3) is 0.316. The largest absolute Gasteiger partial charge is 0.368 e. The number of anilines is 2. The summed E-state index contributed by atoms with van der Waals surface area (Å²) in [6.45, 7) is 2.83. The lowest BCUT2D eigenvalue weighted by molar-refractivity contribution is 0.0747. The minimum atomic E-state index is -3.36. The lowest BCUT2D eigenvalue weighted by Crippen LogP contribution is -2.48. The Labute approximate surface area is 154 Å². The molecule has 0 bridgehead atoms. The van der Waals surface area contributed by atoms with Gasteiger partial charge in [0, 0.05) is 44.5 Å². The number of amides is 1. The fourth-order valence-corrected chi connectivity index (χ4v) is 3.51. The number of rotatable bonds is 4. The lowest BCUT2D eigenvalue weighted by atomic mass is 10.1. The summed E-state index contributed by atoms with van der Waals surface area (Å²) in [7, 11) is -1.88. The first-order valence-electron chi connectivity index (χ1n) is 8.49. The summed E-state index contributed by atoms with van der Waals surface area (Å²) < 4.78 is 24.6. The van der Waals surface area contributed by atoms with Crippen LogP contribution in [0.2, 0.25) is 0 Å². The van der Waals surface area contributed by atoms with Crippen LogP contribution in [0.1, 0.15) is 10.4 Å². The summed E-state index contributed by atoms with van der Waals surface area (Å²) in [6, 6.07) is 16.9. The zero-order valence-electron chi connectivity index (χ0n) is 15.0. The molecule has 0 radical (unpaired) electrons. The summed E-state index contributed by atoms with van der Waals surface area (Å²) in [6.07, 6.45) is 1.14. The molecule has 0 atom stereocenters. The Morgan fingerprint density at radius 3 is 2.23 bits per heavy atom. The van der Waals surface area contributed by atoms with Gasteiger partial charge in [-0.25, -0.2) is 8.42 Å². The van der Waals surface area contributed by atoms with Crippen molar-refractivity contribution in [3.8, 4) is 0 Å². The molecule has 26 heavy (non-hydrogen) atoms. The van der Waals surface area contributed by atoms with Crippen LogP contribution >= 0.6 is 0 Å². The molecule has 138 valence electrons. The Kier molecular flexibility index (Phi) is 5.18. The quantitative estimate of drug-likeness (QED) is 0.823. The maximum absolute atomic E-state index is 12.8. The van der Waals surface area contributed by atoms with Crippen molar-refractivity contribution in [2.45, 2.75) is 0 Å². The van der Waals surface area contributed by atoms with Gasteiger partial charge in [0.15, 0.2) is 0 Å². The zero-order chi connectivity index (χ0) is 18.7. The van der Waals surface area contributed by atoms with Gasteiger partial charge in [0.1, 0.15) is 0 Å². The Hall–Kier alpha value is -2.54. The first kappa shape index (κ1) is 18.3. The fourth-order valence-electron chi connectivity index (χ4n) is 3.02. The highest BCUT2D eigenvalue weighted by molar-refractivity contribution is 7.92. The van der Waals surface area contributed by atoms with Crippen LogP contribution in [0.3, 0.4) is 0 Å². The van der Waals surface area contributed by atoms with Gasteiger partial charge in [0.2, 0.25) is 10.0 Å². The van der Waals surface area contributed by atoms with Crippen LogP contribution in [-0.2, 0) is 10.0 Å². The number of sulfonamides is 1. The summed E-state index contributed by atoms with van der Waals surface area (Å²) in [5.41, 5.74) is 2.16. The van der Waals surface area contributed by atoms with Crippen molar-refractivity contribution < 1.29 is 13.2 Å². The normalized spacial score (nSPS) is 15.0. The molecule has 0 saturated carbocycles. The molecular formula is C19H23N3O3S. The number of para-hydroxylation sites is 1. The molecule has 0 aliphatic carbocycles. The van der Waals surface area contributed by atoms with Gasteiger partial charge in [-0.3, -0.25) is 9.10 Å². The molecule has 1 saturated heterocycles. The number of benzene rings is 2. The van der Waals surface area contributed by atoms with E-state index < -0.39 is 10.0 Å². The molecule has 0 spiro atoms. The third-order valence-electron chi connectivity index (χ3n) is 4.64. The van der Waals surface area contributed by atoms with Crippen LogP contribution in [0.4, 0.5) is 11.4 Å². The third kappa shape index (κ3) is 3.99. The second-order valence-electron chi connectivity index (χ2n) is 6.40. The molecule has 7 heteroatoms. The molecule has 0 aromatic heterocycles. The van der Waals surface area contributed by atoms with E-state index in [9.17, 15) is 13.2 Å². The van der Waals surface area contributed by atoms with Crippen molar-refractivity contribution in [2.75, 3.05) is 48.7 Å². The Morgan fingerprint density at radius 1 is 0.962 bits per heavy atom. The predicted molar refractivity (Wildman–Crippen MR) is 104 cm³/mol. The molecular weight excluding hydrogens is 350 g/mol. The molecule has 2 aromatic carbocycles. The van der Waals surface area contributed by atoms with Gasteiger partial charge in [0.25, 0.3) is 5.91 Å². The highest BCUT2D eigenvalue weighted by Gasteiger charge is 2.23. The van der Waals surface area contributed by atoms with Crippen molar-refractivity contribution in [1.29, 1.82) is 0 Å². The molecule has 1 aliphatic rings. The zero-order valence-corrected chi connectivity index (χ0v) is 15.8. The molecule has 0 unspecified atom stereocenters. The van der Waals surface area contributed by atoms with Crippen LogP contribution in [0.15, 0.2) is 54.6 Å². The van der Waals surface area contributed by atoms with E-state index in [0.717, 1.165) is 25.0 Å². The second kappa shape index (κ2) is 7.37. The number of nitrogens with zero attached hydrogens (tertiary/aromatic N) is 3. The number of piperazine rings is 1. The Balaban J connectivity index is 1.69. The third-order valence-corrected chi connectivity index (χ3v) is 5.85. The monoisotopic (exact) mass is 373 g/mol. The minimum absolute atomic E-state index is 0.0681. The number of hydrogen-bond donors (Lipinski definition) is 0.